The average Bonchev–Trinajstić information content (AvgIpc) is 2.74. The predicted molar refractivity (Wildman–Crippen MR) is 126 cm³/mol. The molecule has 3 rings (SSSR count). The van der Waals surface area contributed by atoms with Gasteiger partial charge in [0.2, 0.25) is 10.0 Å². The Morgan fingerprint density at radius 3 is 2.26 bits per heavy atom. The number of nitrogens with one attached hydrogen (secondary N) is 1. The van der Waals surface area contributed by atoms with Crippen LogP contribution in [0.1, 0.15) is 40.7 Å². The van der Waals surface area contributed by atoms with E-state index >= 15 is 0 Å². The van der Waals surface area contributed by atoms with Gasteiger partial charge in [0.1, 0.15) is 0 Å². The van der Waals surface area contributed by atoms with Gasteiger partial charge in [0, 0.05) is 12.1 Å². The maximum atomic E-state index is 12.5. The molecular weight excluding hydrogens is 410 g/mol. The fourth-order valence-corrected chi connectivity index (χ4v) is 4.77. The van der Waals surface area contributed by atoms with Crippen LogP contribution >= 0.6 is 0 Å². The zero-order valence-electron chi connectivity index (χ0n) is 18.7. The molecule has 0 saturated carbocycles. The Hall–Kier alpha value is -2.38. The lowest BCUT2D eigenvalue weighted by atomic mass is 9.94. The van der Waals surface area contributed by atoms with E-state index in [1.54, 1.807) is 24.3 Å². The molecule has 1 amide bonds. The molecule has 31 heavy (non-hydrogen) atoms. The number of carbonyl (C=O) groups is 1. The van der Waals surface area contributed by atoms with E-state index in [0.29, 0.717) is 23.7 Å². The molecule has 0 unspecified atom stereocenters. The van der Waals surface area contributed by atoms with Crippen molar-refractivity contribution in [1.82, 2.24) is 10.2 Å². The summed E-state index contributed by atoms with van der Waals surface area (Å²) in [5, 5.41) is 3.00. The average molecular weight is 444 g/mol. The minimum Gasteiger partial charge on any atom is -0.352 e. The van der Waals surface area contributed by atoms with Gasteiger partial charge >= 0.3 is 0 Å². The van der Waals surface area contributed by atoms with Gasteiger partial charge in [-0.3, -0.25) is 9.10 Å². The molecule has 0 bridgehead atoms. The van der Waals surface area contributed by atoms with Crippen molar-refractivity contribution in [1.29, 1.82) is 0 Å². The Morgan fingerprint density at radius 2 is 1.68 bits per heavy atom. The third kappa shape index (κ3) is 6.80. The first-order valence-electron chi connectivity index (χ1n) is 10.8. The highest BCUT2D eigenvalue weighted by Gasteiger charge is 2.19. The predicted octanol–water partition coefficient (Wildman–Crippen LogP) is 3.42. The van der Waals surface area contributed by atoms with Crippen molar-refractivity contribution in [2.75, 3.05) is 37.2 Å². The van der Waals surface area contributed by atoms with Gasteiger partial charge in [-0.25, -0.2) is 8.42 Å². The van der Waals surface area contributed by atoms with Crippen LogP contribution < -0.4 is 9.62 Å². The van der Waals surface area contributed by atoms with Crippen molar-refractivity contribution >= 4 is 21.6 Å². The van der Waals surface area contributed by atoms with Crippen molar-refractivity contribution in [3.63, 3.8) is 0 Å². The first-order chi connectivity index (χ1) is 14.7. The van der Waals surface area contributed by atoms with Crippen LogP contribution in [0.25, 0.3) is 0 Å². The van der Waals surface area contributed by atoms with Crippen molar-refractivity contribution in [2.45, 2.75) is 32.7 Å². The first-order valence-corrected chi connectivity index (χ1v) is 12.7. The van der Waals surface area contributed by atoms with Gasteiger partial charge in [-0.1, -0.05) is 29.8 Å². The molecule has 1 heterocycles. The van der Waals surface area contributed by atoms with E-state index in [0.717, 1.165) is 30.6 Å². The van der Waals surface area contributed by atoms with Crippen molar-refractivity contribution in [2.24, 2.45) is 5.92 Å². The molecule has 1 saturated heterocycles. The third-order valence-corrected chi connectivity index (χ3v) is 7.08. The molecule has 0 aromatic heterocycles. The number of nitrogens with zero attached hydrogens (tertiary/aromatic N) is 2. The number of aryl methyl sites for hydroxylation is 1. The summed E-state index contributed by atoms with van der Waals surface area (Å²) in [5.41, 5.74) is 3.12. The number of hydrogen-bond donors (Lipinski definition) is 1. The highest BCUT2D eigenvalue weighted by molar-refractivity contribution is 7.92. The quantitative estimate of drug-likeness (QED) is 0.679. The fourth-order valence-electron chi connectivity index (χ4n) is 3.88. The Bertz CT molecular complexity index is 964. The lowest BCUT2D eigenvalue weighted by Gasteiger charge is -2.28. The topological polar surface area (TPSA) is 69.7 Å². The van der Waals surface area contributed by atoms with E-state index in [1.807, 2.05) is 31.2 Å². The zero-order chi connectivity index (χ0) is 22.4. The van der Waals surface area contributed by atoms with Crippen LogP contribution in [0.3, 0.4) is 0 Å². The van der Waals surface area contributed by atoms with Crippen LogP contribution in [0.5, 0.6) is 0 Å². The van der Waals surface area contributed by atoms with Gasteiger partial charge in [0.25, 0.3) is 5.91 Å². The van der Waals surface area contributed by atoms with E-state index in [9.17, 15) is 13.2 Å². The number of benzene rings is 2. The minimum atomic E-state index is -3.46. The number of hydrogen-bond acceptors (Lipinski definition) is 4. The monoisotopic (exact) mass is 443 g/mol. The van der Waals surface area contributed by atoms with Crippen LogP contribution in [-0.4, -0.2) is 52.2 Å². The molecule has 2 aromatic rings. The molecule has 1 N–H and O–H groups in total. The molecule has 0 aliphatic carbocycles. The van der Waals surface area contributed by atoms with E-state index in [2.05, 4.69) is 17.3 Å². The number of anilines is 1. The summed E-state index contributed by atoms with van der Waals surface area (Å²) < 4.78 is 26.1. The molecule has 0 spiro atoms. The Morgan fingerprint density at radius 1 is 1.06 bits per heavy atom. The van der Waals surface area contributed by atoms with Crippen LogP contribution in [0.4, 0.5) is 5.69 Å². The number of likely N-dealkylation sites (tertiary alicyclic amines) is 1. The van der Waals surface area contributed by atoms with Crippen molar-refractivity contribution in [3.05, 3.63) is 65.2 Å². The molecule has 1 fully saturated rings. The Balaban J connectivity index is 1.60. The second-order valence-corrected chi connectivity index (χ2v) is 10.5. The van der Waals surface area contributed by atoms with Crippen LogP contribution in [0.15, 0.2) is 48.5 Å². The minimum absolute atomic E-state index is 0.121. The lowest BCUT2D eigenvalue weighted by Crippen LogP contribution is -2.32. The standard InChI is InChI=1S/C24H33N3O3S/c1-19-4-6-21(7-5-19)18-27(31(3,29)30)23-10-8-22(9-11-23)24(28)25-15-12-20-13-16-26(2)17-14-20/h4-11,20H,12-18H2,1-3H3,(H,25,28). The van der Waals surface area contributed by atoms with Gasteiger partial charge in [-0.2, -0.15) is 0 Å². The summed E-state index contributed by atoms with van der Waals surface area (Å²) in [5.74, 6) is 0.549. The van der Waals surface area contributed by atoms with Gasteiger partial charge in [0.15, 0.2) is 0 Å². The molecular formula is C24H33N3O3S. The number of sulfonamides is 1. The number of carbonyl (C=O) groups excluding carboxylic acids is 1. The zero-order valence-corrected chi connectivity index (χ0v) is 19.5. The molecule has 0 atom stereocenters. The highest BCUT2D eigenvalue weighted by atomic mass is 32.2. The fraction of sp³-hybridized carbons (Fsp3) is 0.458. The normalized spacial score (nSPS) is 15.6. The second-order valence-electron chi connectivity index (χ2n) is 8.59. The molecule has 2 aromatic carbocycles. The van der Waals surface area contributed by atoms with E-state index < -0.39 is 10.0 Å². The molecule has 1 aliphatic heterocycles. The molecule has 0 radical (unpaired) electrons. The van der Waals surface area contributed by atoms with Gasteiger partial charge in [-0.05, 0) is 82.1 Å². The molecule has 6 nitrogen and oxygen atoms in total. The Labute approximate surface area is 186 Å². The summed E-state index contributed by atoms with van der Waals surface area (Å²) in [6.45, 7) is 5.16. The summed E-state index contributed by atoms with van der Waals surface area (Å²) in [6.07, 6.45) is 4.56. The SMILES string of the molecule is Cc1ccc(CN(c2ccc(C(=O)NCCC3CCN(C)CC3)cc2)S(C)(=O)=O)cc1. The summed E-state index contributed by atoms with van der Waals surface area (Å²) >= 11 is 0. The van der Waals surface area contributed by atoms with Crippen molar-refractivity contribution in [3.8, 4) is 0 Å². The van der Waals surface area contributed by atoms with E-state index in [1.165, 1.54) is 23.4 Å². The Kier molecular flexibility index (Phi) is 7.73. The van der Waals surface area contributed by atoms with Gasteiger partial charge in [-0.15, -0.1) is 0 Å². The van der Waals surface area contributed by atoms with Crippen molar-refractivity contribution < 1.29 is 13.2 Å². The highest BCUT2D eigenvalue weighted by Crippen LogP contribution is 2.22. The lowest BCUT2D eigenvalue weighted by molar-refractivity contribution is 0.0949. The molecule has 168 valence electrons. The second kappa shape index (κ2) is 10.3. The number of rotatable bonds is 8. The maximum Gasteiger partial charge on any atom is 0.251 e. The first kappa shape index (κ1) is 23.3. The molecule has 7 heteroatoms. The number of amides is 1. The summed E-state index contributed by atoms with van der Waals surface area (Å²) in [6, 6.07) is 14.6. The van der Waals surface area contributed by atoms with Crippen LogP contribution in [0, 0.1) is 12.8 Å². The molecule has 1 aliphatic rings. The largest absolute Gasteiger partial charge is 0.352 e. The van der Waals surface area contributed by atoms with E-state index in [-0.39, 0.29) is 12.5 Å². The van der Waals surface area contributed by atoms with Gasteiger partial charge in [0.05, 0.1) is 18.5 Å². The maximum absolute atomic E-state index is 12.5. The third-order valence-electron chi connectivity index (χ3n) is 5.94. The summed E-state index contributed by atoms with van der Waals surface area (Å²) in [4.78, 5) is 14.8. The van der Waals surface area contributed by atoms with Gasteiger partial charge < -0.3 is 10.2 Å². The number of piperidine rings is 1. The van der Waals surface area contributed by atoms with Crippen LogP contribution in [0.2, 0.25) is 0 Å². The summed E-state index contributed by atoms with van der Waals surface area (Å²) in [7, 11) is -1.31. The van der Waals surface area contributed by atoms with Crippen LogP contribution in [-0.2, 0) is 16.6 Å². The van der Waals surface area contributed by atoms with E-state index in [4.69, 9.17) is 0 Å². The smallest absolute Gasteiger partial charge is 0.251 e.